The van der Waals surface area contributed by atoms with E-state index in [0.717, 1.165) is 23.8 Å². The Hall–Kier alpha value is -2.29. The monoisotopic (exact) mass is 309 g/mol. The number of benzene rings is 2. The Kier molecular flexibility index (Phi) is 4.12. The zero-order valence-corrected chi connectivity index (χ0v) is 14.2. The van der Waals surface area contributed by atoms with Crippen molar-refractivity contribution in [2.24, 2.45) is 10.4 Å². The van der Waals surface area contributed by atoms with Gasteiger partial charge in [-0.15, -0.1) is 0 Å². The van der Waals surface area contributed by atoms with Crippen molar-refractivity contribution < 1.29 is 9.47 Å². The number of aliphatic imine (C=N–C) groups is 1. The average Bonchev–Trinajstić information content (AvgIpc) is 2.83. The normalized spacial score (nSPS) is 21.2. The molecule has 1 saturated heterocycles. The van der Waals surface area contributed by atoms with Gasteiger partial charge in [-0.3, -0.25) is 0 Å². The number of rotatable bonds is 3. The second kappa shape index (κ2) is 6.07. The molecule has 3 rings (SSSR count). The first kappa shape index (κ1) is 15.6. The van der Waals surface area contributed by atoms with Gasteiger partial charge in [0.1, 0.15) is 11.9 Å². The minimum absolute atomic E-state index is 0.0719. The highest BCUT2D eigenvalue weighted by molar-refractivity contribution is 5.86. The third-order valence-electron chi connectivity index (χ3n) is 4.28. The number of aryl methyl sites for hydroxylation is 1. The molecule has 1 unspecified atom stereocenters. The number of hydrogen-bond donors (Lipinski definition) is 0. The molecule has 1 atom stereocenters. The zero-order chi connectivity index (χ0) is 16.4. The van der Waals surface area contributed by atoms with Crippen LogP contribution in [0.4, 0.5) is 5.69 Å². The van der Waals surface area contributed by atoms with Crippen LogP contribution in [0.5, 0.6) is 5.75 Å². The van der Waals surface area contributed by atoms with Crippen molar-refractivity contribution in [1.29, 1.82) is 0 Å². The van der Waals surface area contributed by atoms with Gasteiger partial charge in [-0.25, -0.2) is 4.99 Å². The minimum Gasteiger partial charge on any atom is -0.497 e. The van der Waals surface area contributed by atoms with Crippen molar-refractivity contribution in [1.82, 2.24) is 0 Å². The molecule has 1 aliphatic heterocycles. The van der Waals surface area contributed by atoms with E-state index in [-0.39, 0.29) is 11.5 Å². The molecule has 0 aromatic heterocycles. The number of nitrogens with zero attached hydrogens (tertiary/aromatic N) is 1. The summed E-state index contributed by atoms with van der Waals surface area (Å²) in [5, 5.41) is 0. The third kappa shape index (κ3) is 3.39. The molecular formula is C20H23NO2. The molecule has 0 saturated carbocycles. The molecule has 0 aliphatic carbocycles. The van der Waals surface area contributed by atoms with Gasteiger partial charge in [0.2, 0.25) is 0 Å². The molecule has 0 radical (unpaired) electrons. The summed E-state index contributed by atoms with van der Waals surface area (Å²) in [6.45, 7) is 6.47. The van der Waals surface area contributed by atoms with Gasteiger partial charge in [0.25, 0.3) is 0 Å². The van der Waals surface area contributed by atoms with Crippen LogP contribution in [-0.4, -0.2) is 13.0 Å². The summed E-state index contributed by atoms with van der Waals surface area (Å²) in [5.41, 5.74) is 3.29. The molecule has 1 aliphatic rings. The first-order valence-electron chi connectivity index (χ1n) is 7.94. The Bertz CT molecular complexity index is 699. The van der Waals surface area contributed by atoms with Crippen molar-refractivity contribution in [3.05, 3.63) is 59.7 Å². The van der Waals surface area contributed by atoms with E-state index in [2.05, 4.69) is 45.0 Å². The largest absolute Gasteiger partial charge is 0.497 e. The smallest absolute Gasteiger partial charge is 0.195 e. The van der Waals surface area contributed by atoms with E-state index >= 15 is 0 Å². The highest BCUT2D eigenvalue weighted by Crippen LogP contribution is 2.43. The van der Waals surface area contributed by atoms with Crippen molar-refractivity contribution in [2.45, 2.75) is 33.3 Å². The van der Waals surface area contributed by atoms with Crippen LogP contribution in [-0.2, 0) is 4.74 Å². The molecule has 2 aromatic rings. The summed E-state index contributed by atoms with van der Waals surface area (Å²) in [6.07, 6.45) is 1.01. The van der Waals surface area contributed by atoms with Gasteiger partial charge in [0.05, 0.1) is 12.8 Å². The van der Waals surface area contributed by atoms with E-state index in [1.807, 2.05) is 24.3 Å². The molecular weight excluding hydrogens is 286 g/mol. The molecule has 0 bridgehead atoms. The fraction of sp³-hybridized carbons (Fsp3) is 0.350. The molecule has 23 heavy (non-hydrogen) atoms. The Labute approximate surface area is 138 Å². The zero-order valence-electron chi connectivity index (χ0n) is 14.2. The summed E-state index contributed by atoms with van der Waals surface area (Å²) in [5.74, 6) is 1.63. The molecule has 120 valence electrons. The Morgan fingerprint density at radius 3 is 2.30 bits per heavy atom. The first-order valence-corrected chi connectivity index (χ1v) is 7.94. The van der Waals surface area contributed by atoms with E-state index < -0.39 is 0 Å². The summed E-state index contributed by atoms with van der Waals surface area (Å²) < 4.78 is 11.4. The van der Waals surface area contributed by atoms with Crippen molar-refractivity contribution in [3.63, 3.8) is 0 Å². The van der Waals surface area contributed by atoms with Crippen LogP contribution < -0.4 is 4.74 Å². The summed E-state index contributed by atoms with van der Waals surface area (Å²) in [7, 11) is 1.66. The lowest BCUT2D eigenvalue weighted by molar-refractivity contribution is 0.221. The van der Waals surface area contributed by atoms with E-state index in [9.17, 15) is 0 Å². The number of ether oxygens (including phenoxy) is 2. The van der Waals surface area contributed by atoms with Crippen LogP contribution in [0.15, 0.2) is 53.5 Å². The molecule has 1 fully saturated rings. The fourth-order valence-electron chi connectivity index (χ4n) is 2.81. The maximum Gasteiger partial charge on any atom is 0.195 e. The van der Waals surface area contributed by atoms with Crippen molar-refractivity contribution >= 4 is 11.6 Å². The van der Waals surface area contributed by atoms with Gasteiger partial charge in [-0.05, 0) is 36.8 Å². The van der Waals surface area contributed by atoms with E-state index in [1.54, 1.807) is 7.11 Å². The van der Waals surface area contributed by atoms with E-state index in [0.29, 0.717) is 0 Å². The highest BCUT2D eigenvalue weighted by Gasteiger charge is 2.40. The fourth-order valence-corrected chi connectivity index (χ4v) is 2.81. The maximum atomic E-state index is 6.18. The summed E-state index contributed by atoms with van der Waals surface area (Å²) >= 11 is 0. The van der Waals surface area contributed by atoms with Gasteiger partial charge in [-0.2, -0.15) is 0 Å². The van der Waals surface area contributed by atoms with Crippen LogP contribution in [0.25, 0.3) is 0 Å². The van der Waals surface area contributed by atoms with Crippen LogP contribution in [0, 0.1) is 12.3 Å². The Morgan fingerprint density at radius 2 is 1.70 bits per heavy atom. The highest BCUT2D eigenvalue weighted by atomic mass is 16.5. The quantitative estimate of drug-likeness (QED) is 0.778. The lowest BCUT2D eigenvalue weighted by Gasteiger charge is -2.14. The van der Waals surface area contributed by atoms with Crippen LogP contribution in [0.3, 0.4) is 0 Å². The predicted molar refractivity (Wildman–Crippen MR) is 93.5 cm³/mol. The van der Waals surface area contributed by atoms with Gasteiger partial charge in [0, 0.05) is 11.8 Å². The summed E-state index contributed by atoms with van der Waals surface area (Å²) in [6, 6.07) is 16.3. The van der Waals surface area contributed by atoms with Crippen molar-refractivity contribution in [3.8, 4) is 5.75 Å². The second-order valence-electron chi connectivity index (χ2n) is 6.72. The molecule has 3 heteroatoms. The summed E-state index contributed by atoms with van der Waals surface area (Å²) in [4.78, 5) is 4.72. The molecule has 0 spiro atoms. The topological polar surface area (TPSA) is 30.8 Å². The molecule has 3 nitrogen and oxygen atoms in total. The van der Waals surface area contributed by atoms with Crippen LogP contribution in [0.1, 0.15) is 37.5 Å². The molecule has 0 amide bonds. The second-order valence-corrected chi connectivity index (χ2v) is 6.72. The lowest BCUT2D eigenvalue weighted by Crippen LogP contribution is -2.17. The number of hydrogen-bond acceptors (Lipinski definition) is 3. The van der Waals surface area contributed by atoms with Crippen LogP contribution >= 0.6 is 0 Å². The van der Waals surface area contributed by atoms with Crippen LogP contribution in [0.2, 0.25) is 0 Å². The lowest BCUT2D eigenvalue weighted by atomic mass is 9.87. The molecule has 1 heterocycles. The van der Waals surface area contributed by atoms with Gasteiger partial charge >= 0.3 is 0 Å². The van der Waals surface area contributed by atoms with Gasteiger partial charge in [-0.1, -0.05) is 43.7 Å². The maximum absolute atomic E-state index is 6.18. The molecule has 2 aromatic carbocycles. The first-order chi connectivity index (χ1) is 11.0. The van der Waals surface area contributed by atoms with E-state index in [1.165, 1.54) is 11.1 Å². The predicted octanol–water partition coefficient (Wildman–Crippen LogP) is 5.22. The average molecular weight is 309 g/mol. The third-order valence-corrected chi connectivity index (χ3v) is 4.28. The standard InChI is InChI=1S/C20H23NO2/c1-14-5-7-15(8-6-14)18-13-20(2,3)19(23-18)21-16-9-11-17(22-4)12-10-16/h5-12,18H,13H2,1-4H3. The van der Waals surface area contributed by atoms with E-state index in [4.69, 9.17) is 14.5 Å². The van der Waals surface area contributed by atoms with Gasteiger partial charge < -0.3 is 9.47 Å². The van der Waals surface area contributed by atoms with Gasteiger partial charge in [0.15, 0.2) is 5.90 Å². The Morgan fingerprint density at radius 1 is 1.04 bits per heavy atom. The number of methoxy groups -OCH3 is 1. The van der Waals surface area contributed by atoms with Crippen molar-refractivity contribution in [2.75, 3.05) is 7.11 Å². The Balaban J connectivity index is 1.84. The minimum atomic E-state index is -0.0739. The molecule has 0 N–H and O–H groups in total. The SMILES string of the molecule is COc1ccc(N=C2OC(c3ccc(C)cc3)CC2(C)C)cc1.